The number of hydrogen-bond donors (Lipinski definition) is 2. The number of benzene rings is 4. The van der Waals surface area contributed by atoms with Crippen LogP contribution in [0.1, 0.15) is 51.7 Å². The van der Waals surface area contributed by atoms with E-state index in [0.29, 0.717) is 27.2 Å². The Kier molecular flexibility index (Phi) is 11.5. The fraction of sp³-hybridized carbons (Fsp3) is 0.277. The van der Waals surface area contributed by atoms with Crippen LogP contribution >= 0.6 is 24.0 Å². The molecule has 0 radical (unpaired) electrons. The second-order valence-electron chi connectivity index (χ2n) is 16.1. The number of allylic oxidation sites excluding steroid dienone is 6. The number of fused-ring (bicyclic) bond motifs is 4. The zero-order valence-corrected chi connectivity index (χ0v) is 36.0. The van der Waals surface area contributed by atoms with Crippen molar-refractivity contribution in [2.75, 3.05) is 54.2 Å². The van der Waals surface area contributed by atoms with Gasteiger partial charge in [-0.1, -0.05) is 106 Å². The lowest BCUT2D eigenvalue weighted by Gasteiger charge is -2.29. The van der Waals surface area contributed by atoms with E-state index in [1.54, 1.807) is 19.2 Å². The number of thioether (sulfide) groups is 1. The predicted molar refractivity (Wildman–Crippen MR) is 244 cm³/mol. The summed E-state index contributed by atoms with van der Waals surface area (Å²) < 4.78 is 6.25. The Morgan fingerprint density at radius 3 is 2.47 bits per heavy atom. The van der Waals surface area contributed by atoms with Crippen molar-refractivity contribution >= 4 is 79.6 Å². The monoisotopic (exact) mass is 827 g/mol. The third-order valence-electron chi connectivity index (χ3n) is 11.4. The lowest BCUT2D eigenvalue weighted by Crippen LogP contribution is -2.40. The number of carbonyl (C=O) groups excluding carboxylic acids is 2. The van der Waals surface area contributed by atoms with Gasteiger partial charge in [-0.25, -0.2) is 0 Å². The van der Waals surface area contributed by atoms with Gasteiger partial charge in [0.05, 0.1) is 17.0 Å². The van der Waals surface area contributed by atoms with Gasteiger partial charge in [-0.05, 0) is 82.3 Å². The van der Waals surface area contributed by atoms with Gasteiger partial charge in [0.15, 0.2) is 11.6 Å². The van der Waals surface area contributed by atoms with Gasteiger partial charge in [-0.15, -0.1) is 0 Å². The number of aliphatic carboxylic acids is 1. The predicted octanol–water partition coefficient (Wildman–Crippen LogP) is 9.34. The third kappa shape index (κ3) is 8.11. The van der Waals surface area contributed by atoms with Crippen molar-refractivity contribution in [3.05, 3.63) is 137 Å². The molecule has 0 spiro atoms. The number of amides is 2. The van der Waals surface area contributed by atoms with Crippen molar-refractivity contribution in [2.45, 2.75) is 51.4 Å². The molecule has 1 saturated heterocycles. The summed E-state index contributed by atoms with van der Waals surface area (Å²) in [5.41, 5.74) is 6.39. The number of anilines is 4. The summed E-state index contributed by atoms with van der Waals surface area (Å²) in [7, 11) is 5.69. The van der Waals surface area contributed by atoms with E-state index < -0.39 is 11.4 Å². The van der Waals surface area contributed by atoms with E-state index in [9.17, 15) is 19.5 Å². The molecule has 4 aromatic rings. The van der Waals surface area contributed by atoms with Gasteiger partial charge in [0.1, 0.15) is 10.9 Å². The van der Waals surface area contributed by atoms with Crippen LogP contribution in [0.2, 0.25) is 0 Å². The molecule has 3 aliphatic heterocycles. The molecule has 0 saturated carbocycles. The second kappa shape index (κ2) is 16.4. The van der Waals surface area contributed by atoms with E-state index in [1.165, 1.54) is 37.5 Å². The number of hydrogen-bond acceptors (Lipinski definition) is 9. The Labute approximate surface area is 355 Å². The molecular formula is C47H49N5O5S2. The highest BCUT2D eigenvalue weighted by molar-refractivity contribution is 8.26. The number of rotatable bonds is 12. The van der Waals surface area contributed by atoms with Gasteiger partial charge < -0.3 is 29.9 Å². The number of carbonyl (C=O) groups is 3. The molecule has 2 amide bonds. The van der Waals surface area contributed by atoms with Crippen molar-refractivity contribution in [3.8, 4) is 5.75 Å². The maximum Gasteiger partial charge on any atom is 0.305 e. The minimum absolute atomic E-state index is 0.0405. The molecule has 1 fully saturated rings. The molecule has 0 atom stereocenters. The average molecular weight is 828 g/mol. The van der Waals surface area contributed by atoms with Crippen molar-refractivity contribution in [1.29, 1.82) is 0 Å². The van der Waals surface area contributed by atoms with Crippen molar-refractivity contribution in [3.63, 3.8) is 0 Å². The number of ether oxygens (including phenoxy) is 1. The molecule has 3 aliphatic rings. The summed E-state index contributed by atoms with van der Waals surface area (Å²) >= 11 is 6.71. The Balaban J connectivity index is 1.07. The Bertz CT molecular complexity index is 2500. The van der Waals surface area contributed by atoms with E-state index in [-0.39, 0.29) is 36.7 Å². The Morgan fingerprint density at radius 1 is 0.966 bits per heavy atom. The highest BCUT2D eigenvalue weighted by Crippen LogP contribution is 2.50. The number of carboxylic acid groups (broad SMARTS) is 1. The molecule has 3 heterocycles. The van der Waals surface area contributed by atoms with Gasteiger partial charge >= 0.3 is 5.97 Å². The second-order valence-corrected chi connectivity index (χ2v) is 17.8. The van der Waals surface area contributed by atoms with E-state index in [2.05, 4.69) is 99.6 Å². The molecule has 4 aromatic carbocycles. The maximum atomic E-state index is 13.8. The van der Waals surface area contributed by atoms with Gasteiger partial charge in [0.25, 0.3) is 5.91 Å². The zero-order chi connectivity index (χ0) is 42.2. The summed E-state index contributed by atoms with van der Waals surface area (Å²) in [5.74, 6) is -0.239. The summed E-state index contributed by atoms with van der Waals surface area (Å²) in [4.78, 5) is 46.1. The number of thiocarbonyl (C=S) groups is 1. The summed E-state index contributed by atoms with van der Waals surface area (Å²) in [6, 6.07) is 26.3. The molecule has 2 N–H and O–H groups in total. The first-order valence-electron chi connectivity index (χ1n) is 19.5. The Morgan fingerprint density at radius 2 is 1.71 bits per heavy atom. The molecule has 0 aromatic heterocycles. The largest absolute Gasteiger partial charge is 0.481 e. The van der Waals surface area contributed by atoms with Crippen LogP contribution in [0.5, 0.6) is 5.75 Å². The van der Waals surface area contributed by atoms with Gasteiger partial charge in [0.2, 0.25) is 5.91 Å². The molecular weight excluding hydrogens is 779 g/mol. The first kappa shape index (κ1) is 41.3. The fourth-order valence-electron chi connectivity index (χ4n) is 8.03. The minimum atomic E-state index is -0.891. The van der Waals surface area contributed by atoms with Crippen LogP contribution < -0.4 is 24.8 Å². The molecule has 0 bridgehead atoms. The maximum absolute atomic E-state index is 13.8. The molecule has 0 aliphatic carbocycles. The lowest BCUT2D eigenvalue weighted by atomic mass is 9.79. The fourth-order valence-corrected chi connectivity index (χ4v) is 9.23. The van der Waals surface area contributed by atoms with E-state index >= 15 is 0 Å². The van der Waals surface area contributed by atoms with Crippen molar-refractivity contribution in [1.82, 2.24) is 4.90 Å². The molecule has 59 heavy (non-hydrogen) atoms. The quantitative estimate of drug-likeness (QED) is 0.106. The summed E-state index contributed by atoms with van der Waals surface area (Å²) in [6.07, 6.45) is 10.5. The number of likely N-dealkylation sites (N-methyl/N-ethyl adjacent to an activating group) is 2. The van der Waals surface area contributed by atoms with Crippen LogP contribution in [0, 0.1) is 0 Å². The first-order valence-corrected chi connectivity index (χ1v) is 20.8. The van der Waals surface area contributed by atoms with Crippen LogP contribution in [0.4, 0.5) is 22.7 Å². The smallest absolute Gasteiger partial charge is 0.305 e. The number of para-hydroxylation sites is 2. The number of nitrogens with zero attached hydrogens (tertiary/aromatic N) is 4. The van der Waals surface area contributed by atoms with Crippen molar-refractivity contribution in [2.24, 2.45) is 0 Å². The van der Waals surface area contributed by atoms with Crippen LogP contribution in [-0.4, -0.2) is 66.3 Å². The van der Waals surface area contributed by atoms with Crippen LogP contribution in [-0.2, 0) is 25.2 Å². The number of carboxylic acids is 1. The van der Waals surface area contributed by atoms with E-state index in [1.807, 2.05) is 54.4 Å². The van der Waals surface area contributed by atoms with E-state index in [0.717, 1.165) is 34.4 Å². The molecule has 7 rings (SSSR count). The average Bonchev–Trinajstić information content (AvgIpc) is 3.75. The lowest BCUT2D eigenvalue weighted by molar-refractivity contribution is -0.136. The Hall–Kier alpha value is -5.85. The molecule has 10 nitrogen and oxygen atoms in total. The molecule has 304 valence electrons. The van der Waals surface area contributed by atoms with Crippen molar-refractivity contribution < 1.29 is 24.2 Å². The van der Waals surface area contributed by atoms with Crippen LogP contribution in [0.25, 0.3) is 10.8 Å². The van der Waals surface area contributed by atoms with Crippen LogP contribution in [0.15, 0.2) is 126 Å². The van der Waals surface area contributed by atoms with Gasteiger partial charge in [-0.3, -0.25) is 19.3 Å². The van der Waals surface area contributed by atoms with E-state index in [4.69, 9.17) is 17.0 Å². The highest BCUT2D eigenvalue weighted by Gasteiger charge is 2.39. The minimum Gasteiger partial charge on any atom is -0.481 e. The third-order valence-corrected chi connectivity index (χ3v) is 12.8. The van der Waals surface area contributed by atoms with Gasteiger partial charge in [0, 0.05) is 61.9 Å². The summed E-state index contributed by atoms with van der Waals surface area (Å²) in [5, 5.41) is 15.1. The standard InChI is InChI=1S/C47H49N5O5S2/c1-46(2,26-13-12-18-39-47(3,4)43-32-15-9-8-14-30(32)19-22-36(43)50(39)6)33-28-31(20-21-34(33)48-27-25-42(54)55)49(5)40(53)29-52-44(56)38(59-45(52)58)23-24-41-51(7)35-16-10-11-17-37(35)57-41/h8-24,28,48H,25-27,29H2,1-7H3,(H,54,55). The zero-order valence-electron chi connectivity index (χ0n) is 34.4. The van der Waals surface area contributed by atoms with Gasteiger partial charge in [-0.2, -0.15) is 0 Å². The normalized spacial score (nSPS) is 18.1. The molecule has 0 unspecified atom stereocenters. The first-order chi connectivity index (χ1) is 28.1. The highest BCUT2D eigenvalue weighted by atomic mass is 32.2. The number of nitrogens with one attached hydrogen (secondary N) is 1. The molecule has 12 heteroatoms. The summed E-state index contributed by atoms with van der Waals surface area (Å²) in [6.45, 7) is 8.84. The SMILES string of the molecule is CN(C(=O)CN1C(=O)C(=CC=C2Oc3ccccc3N2C)SC1=S)c1ccc(NCCC(=O)O)c(C(C)(C)CC=CC=C2N(C)c3ccc4ccccc4c3C2(C)C)c1. The topological polar surface area (TPSA) is 106 Å². The van der Waals surface area contributed by atoms with Crippen LogP contribution in [0.3, 0.4) is 0 Å².